The van der Waals surface area contributed by atoms with Crippen LogP contribution in [0.25, 0.3) is 11.3 Å². The number of benzene rings is 2. The molecule has 0 atom stereocenters. The van der Waals surface area contributed by atoms with Crippen LogP contribution >= 0.6 is 0 Å². The number of carbonyl (C=O) groups excluding carboxylic acids is 1. The van der Waals surface area contributed by atoms with E-state index in [1.165, 1.54) is 5.56 Å². The van der Waals surface area contributed by atoms with Crippen molar-refractivity contribution in [2.75, 3.05) is 13.1 Å². The maximum atomic E-state index is 13.2. The van der Waals surface area contributed by atoms with Gasteiger partial charge in [-0.25, -0.2) is 0 Å². The molecule has 0 radical (unpaired) electrons. The summed E-state index contributed by atoms with van der Waals surface area (Å²) in [4.78, 5) is 15.0. The fourth-order valence-corrected chi connectivity index (χ4v) is 4.16. The lowest BCUT2D eigenvalue weighted by Crippen LogP contribution is -2.64. The molecule has 3 aromatic rings. The number of likely N-dealkylation sites (tertiary alicyclic amines) is 1. The van der Waals surface area contributed by atoms with Crippen LogP contribution in [0.3, 0.4) is 0 Å². The Morgan fingerprint density at radius 1 is 1.10 bits per heavy atom. The first-order valence-electron chi connectivity index (χ1n) is 10.2. The molecule has 5 nitrogen and oxygen atoms in total. The summed E-state index contributed by atoms with van der Waals surface area (Å²) >= 11 is 0. The second-order valence-electron chi connectivity index (χ2n) is 8.48. The van der Waals surface area contributed by atoms with Crippen molar-refractivity contribution < 1.29 is 9.90 Å². The van der Waals surface area contributed by atoms with Crippen LogP contribution in [0.1, 0.15) is 34.3 Å². The van der Waals surface area contributed by atoms with Crippen LogP contribution in [0.5, 0.6) is 0 Å². The van der Waals surface area contributed by atoms with Gasteiger partial charge in [0.05, 0.1) is 25.2 Å². The molecule has 5 heteroatoms. The highest BCUT2D eigenvalue weighted by Gasteiger charge is 2.53. The van der Waals surface area contributed by atoms with Crippen molar-refractivity contribution in [2.24, 2.45) is 5.92 Å². The number of hydrogen-bond acceptors (Lipinski definition) is 3. The molecule has 2 aromatic carbocycles. The molecule has 0 unspecified atom stereocenters. The molecule has 1 saturated carbocycles. The summed E-state index contributed by atoms with van der Waals surface area (Å²) in [6, 6.07) is 18.2. The van der Waals surface area contributed by atoms with Gasteiger partial charge >= 0.3 is 0 Å². The summed E-state index contributed by atoms with van der Waals surface area (Å²) in [5.74, 6) is 0.314. The zero-order valence-electron chi connectivity index (χ0n) is 16.6. The Morgan fingerprint density at radius 3 is 2.45 bits per heavy atom. The summed E-state index contributed by atoms with van der Waals surface area (Å²) in [6.45, 7) is 3.50. The lowest BCUT2D eigenvalue weighted by atomic mass is 9.88. The lowest BCUT2D eigenvalue weighted by molar-refractivity contribution is -0.0957. The van der Waals surface area contributed by atoms with Crippen molar-refractivity contribution in [1.29, 1.82) is 0 Å². The van der Waals surface area contributed by atoms with Crippen LogP contribution < -0.4 is 0 Å². The number of carbonyl (C=O) groups is 1. The predicted octanol–water partition coefficient (Wildman–Crippen LogP) is 3.50. The molecule has 148 valence electrons. The lowest BCUT2D eigenvalue weighted by Gasteiger charge is -2.46. The molecule has 1 aromatic heterocycles. The van der Waals surface area contributed by atoms with Gasteiger partial charge < -0.3 is 10.0 Å². The molecule has 1 aliphatic carbocycles. The van der Waals surface area contributed by atoms with Gasteiger partial charge in [0.15, 0.2) is 0 Å². The van der Waals surface area contributed by atoms with Crippen LogP contribution in [0, 0.1) is 12.8 Å². The van der Waals surface area contributed by atoms with Gasteiger partial charge in [-0.2, -0.15) is 5.10 Å². The van der Waals surface area contributed by atoms with E-state index in [0.29, 0.717) is 36.8 Å². The summed E-state index contributed by atoms with van der Waals surface area (Å²) < 4.78 is 1.84. The fraction of sp³-hybridized carbons (Fsp3) is 0.333. The number of rotatable bonds is 5. The number of β-amino-alcohol motifs (C(OH)–C–C–N with tert-alkyl or cyclic N) is 1. The van der Waals surface area contributed by atoms with Gasteiger partial charge in [0.1, 0.15) is 11.3 Å². The largest absolute Gasteiger partial charge is 0.386 e. The maximum Gasteiger partial charge on any atom is 0.257 e. The Bertz CT molecular complexity index is 1030. The van der Waals surface area contributed by atoms with Crippen molar-refractivity contribution in [2.45, 2.75) is 31.9 Å². The van der Waals surface area contributed by atoms with E-state index in [0.717, 1.165) is 24.0 Å². The Kier molecular flexibility index (Phi) is 4.28. The number of aliphatic hydroxyl groups is 1. The third-order valence-electron chi connectivity index (χ3n) is 6.06. The molecule has 2 heterocycles. The molecular formula is C24H25N3O2. The quantitative estimate of drug-likeness (QED) is 0.729. The highest BCUT2D eigenvalue weighted by molar-refractivity contribution is 6.00. The molecule has 5 rings (SSSR count). The smallest absolute Gasteiger partial charge is 0.257 e. The van der Waals surface area contributed by atoms with E-state index >= 15 is 0 Å². The van der Waals surface area contributed by atoms with Crippen LogP contribution in [-0.4, -0.2) is 44.4 Å². The first kappa shape index (κ1) is 18.1. The highest BCUT2D eigenvalue weighted by atomic mass is 16.3. The standard InChI is InChI=1S/C24H25N3O2/c1-17-7-9-19(10-8-17)22-21(14-27(25-22)13-18-5-3-2-4-6-18)23(28)26-15-24(29,16-26)20-11-12-20/h2-10,14,20,29H,11-13,15-16H2,1H3. The third-order valence-corrected chi connectivity index (χ3v) is 6.06. The molecule has 0 spiro atoms. The normalized spacial score (nSPS) is 17.8. The van der Waals surface area contributed by atoms with E-state index in [1.807, 2.05) is 60.3 Å². The first-order valence-corrected chi connectivity index (χ1v) is 10.2. The topological polar surface area (TPSA) is 58.4 Å². The Hall–Kier alpha value is -2.92. The van der Waals surface area contributed by atoms with E-state index in [2.05, 4.69) is 12.1 Å². The van der Waals surface area contributed by atoms with Crippen molar-refractivity contribution in [1.82, 2.24) is 14.7 Å². The predicted molar refractivity (Wildman–Crippen MR) is 112 cm³/mol. The zero-order valence-corrected chi connectivity index (χ0v) is 16.6. The van der Waals surface area contributed by atoms with Gasteiger partial charge in [0.2, 0.25) is 0 Å². The van der Waals surface area contributed by atoms with E-state index in [9.17, 15) is 9.90 Å². The Balaban J connectivity index is 1.45. The van der Waals surface area contributed by atoms with Gasteiger partial charge in [0, 0.05) is 11.8 Å². The average molecular weight is 387 g/mol. The summed E-state index contributed by atoms with van der Waals surface area (Å²) in [6.07, 6.45) is 3.99. The van der Waals surface area contributed by atoms with Crippen LogP contribution in [0.15, 0.2) is 60.8 Å². The minimum Gasteiger partial charge on any atom is -0.386 e. The molecule has 29 heavy (non-hydrogen) atoms. The van der Waals surface area contributed by atoms with Crippen LogP contribution in [0.2, 0.25) is 0 Å². The first-order chi connectivity index (χ1) is 14.0. The molecule has 1 N–H and O–H groups in total. The summed E-state index contributed by atoms with van der Waals surface area (Å²) in [7, 11) is 0. The van der Waals surface area contributed by atoms with Gasteiger partial charge in [-0.15, -0.1) is 0 Å². The van der Waals surface area contributed by atoms with Gasteiger partial charge in [-0.1, -0.05) is 60.2 Å². The number of amides is 1. The summed E-state index contributed by atoms with van der Waals surface area (Å²) in [5, 5.41) is 15.4. The maximum absolute atomic E-state index is 13.2. The summed E-state index contributed by atoms with van der Waals surface area (Å²) in [5.41, 5.74) is 3.86. The zero-order chi connectivity index (χ0) is 20.0. The van der Waals surface area contributed by atoms with Crippen LogP contribution in [0.4, 0.5) is 0 Å². The molecule has 2 fully saturated rings. The van der Waals surface area contributed by atoms with Crippen molar-refractivity contribution in [3.05, 3.63) is 77.5 Å². The minimum atomic E-state index is -0.681. The third kappa shape index (κ3) is 3.47. The number of hydrogen-bond donors (Lipinski definition) is 1. The molecule has 2 aliphatic rings. The van der Waals surface area contributed by atoms with E-state index in [1.54, 1.807) is 4.90 Å². The van der Waals surface area contributed by atoms with E-state index in [-0.39, 0.29) is 5.91 Å². The van der Waals surface area contributed by atoms with Gasteiger partial charge in [0.25, 0.3) is 5.91 Å². The molecule has 1 aliphatic heterocycles. The van der Waals surface area contributed by atoms with Gasteiger partial charge in [-0.3, -0.25) is 9.48 Å². The van der Waals surface area contributed by atoms with Crippen LogP contribution in [-0.2, 0) is 6.54 Å². The second-order valence-corrected chi connectivity index (χ2v) is 8.48. The fourth-order valence-electron chi connectivity index (χ4n) is 4.16. The molecule has 0 bridgehead atoms. The van der Waals surface area contributed by atoms with Gasteiger partial charge in [-0.05, 0) is 31.2 Å². The monoisotopic (exact) mass is 387 g/mol. The Labute approximate surface area is 170 Å². The highest BCUT2D eigenvalue weighted by Crippen LogP contribution is 2.45. The molecular weight excluding hydrogens is 362 g/mol. The number of aryl methyl sites for hydroxylation is 1. The molecule has 1 saturated heterocycles. The van der Waals surface area contributed by atoms with Crippen molar-refractivity contribution in [3.8, 4) is 11.3 Å². The van der Waals surface area contributed by atoms with Crippen molar-refractivity contribution in [3.63, 3.8) is 0 Å². The van der Waals surface area contributed by atoms with E-state index in [4.69, 9.17) is 5.10 Å². The van der Waals surface area contributed by atoms with Crippen molar-refractivity contribution >= 4 is 5.91 Å². The van der Waals surface area contributed by atoms with E-state index < -0.39 is 5.60 Å². The molecule has 1 amide bonds. The second kappa shape index (κ2) is 6.85. The Morgan fingerprint density at radius 2 is 1.79 bits per heavy atom. The SMILES string of the molecule is Cc1ccc(-c2nn(Cc3ccccc3)cc2C(=O)N2CC(O)(C3CC3)C2)cc1. The average Bonchev–Trinajstić information content (AvgIpc) is 3.48. The minimum absolute atomic E-state index is 0.0507. The number of nitrogens with zero attached hydrogens (tertiary/aromatic N) is 3. The number of aromatic nitrogens is 2.